The van der Waals surface area contributed by atoms with E-state index >= 15 is 0 Å². The number of nitrogens with two attached hydrogens (primary N) is 1. The van der Waals surface area contributed by atoms with E-state index in [-0.39, 0.29) is 24.1 Å². The average Bonchev–Trinajstić information content (AvgIpc) is 2.55. The van der Waals surface area contributed by atoms with Crippen molar-refractivity contribution in [3.05, 3.63) is 30.1 Å². The molecule has 1 fully saturated rings. The first-order valence-electron chi connectivity index (χ1n) is 7.79. The van der Waals surface area contributed by atoms with Crippen molar-refractivity contribution in [1.29, 1.82) is 0 Å². The summed E-state index contributed by atoms with van der Waals surface area (Å²) < 4.78 is 12.9. The normalized spacial score (nSPS) is 16.1. The highest BCUT2D eigenvalue weighted by molar-refractivity contribution is 5.82. The maximum absolute atomic E-state index is 12.9. The second-order valence-electron chi connectivity index (χ2n) is 5.67. The Morgan fingerprint density at radius 3 is 2.39 bits per heavy atom. The van der Waals surface area contributed by atoms with Crippen molar-refractivity contribution in [1.82, 2.24) is 10.2 Å². The smallest absolute Gasteiger partial charge is 0.236 e. The van der Waals surface area contributed by atoms with Crippen LogP contribution in [0.5, 0.6) is 0 Å². The molecule has 1 aliphatic heterocycles. The predicted molar refractivity (Wildman–Crippen MR) is 86.5 cm³/mol. The van der Waals surface area contributed by atoms with Gasteiger partial charge in [-0.15, -0.1) is 0 Å². The van der Waals surface area contributed by atoms with Crippen LogP contribution in [-0.4, -0.2) is 55.5 Å². The van der Waals surface area contributed by atoms with Gasteiger partial charge in [-0.3, -0.25) is 9.59 Å². The second kappa shape index (κ2) is 7.92. The lowest BCUT2D eigenvalue weighted by molar-refractivity contribution is -0.131. The van der Waals surface area contributed by atoms with Gasteiger partial charge < -0.3 is 20.9 Å². The van der Waals surface area contributed by atoms with Crippen LogP contribution in [0.1, 0.15) is 13.3 Å². The quantitative estimate of drug-likeness (QED) is 0.819. The molecule has 2 amide bonds. The lowest BCUT2D eigenvalue weighted by Crippen LogP contribution is -2.49. The van der Waals surface area contributed by atoms with E-state index in [1.54, 1.807) is 24.0 Å². The maximum atomic E-state index is 12.9. The molecule has 0 spiro atoms. The predicted octanol–water partition coefficient (Wildman–Crippen LogP) is 0.328. The molecule has 3 N–H and O–H groups in total. The van der Waals surface area contributed by atoms with Crippen LogP contribution in [0.15, 0.2) is 24.3 Å². The summed E-state index contributed by atoms with van der Waals surface area (Å²) >= 11 is 0. The highest BCUT2D eigenvalue weighted by Gasteiger charge is 2.21. The highest BCUT2D eigenvalue weighted by atomic mass is 19.1. The molecule has 0 aliphatic carbocycles. The van der Waals surface area contributed by atoms with Crippen LogP contribution < -0.4 is 16.0 Å². The molecule has 1 heterocycles. The number of benzene rings is 1. The number of hydrogen-bond acceptors (Lipinski definition) is 4. The number of halogens is 1. The van der Waals surface area contributed by atoms with Gasteiger partial charge in [-0.1, -0.05) is 0 Å². The summed E-state index contributed by atoms with van der Waals surface area (Å²) in [7, 11) is 0. The van der Waals surface area contributed by atoms with Gasteiger partial charge >= 0.3 is 0 Å². The Bertz CT molecular complexity index is 540. The molecular weight excluding hydrogens is 299 g/mol. The van der Waals surface area contributed by atoms with E-state index in [1.807, 2.05) is 0 Å². The monoisotopic (exact) mass is 322 g/mol. The first kappa shape index (κ1) is 17.2. The number of piperazine rings is 1. The molecule has 1 aliphatic rings. The Kier molecular flexibility index (Phi) is 5.92. The van der Waals surface area contributed by atoms with Gasteiger partial charge in [-0.05, 0) is 31.2 Å². The molecule has 126 valence electrons. The SMILES string of the molecule is CC(N)C(=O)NCCC(=O)N1CCN(c2ccc(F)cc2)CC1. The standard InChI is InChI=1S/C16H23FN4O2/c1-12(18)16(23)19-7-6-15(22)21-10-8-20(9-11-21)14-4-2-13(17)3-5-14/h2-5,12H,6-11,18H2,1H3,(H,19,23). The summed E-state index contributed by atoms with van der Waals surface area (Å²) in [6.45, 7) is 4.57. The molecule has 7 heteroatoms. The van der Waals surface area contributed by atoms with Crippen LogP contribution in [0.3, 0.4) is 0 Å². The van der Waals surface area contributed by atoms with Gasteiger partial charge in [0.2, 0.25) is 11.8 Å². The first-order chi connectivity index (χ1) is 11.0. The molecule has 1 aromatic carbocycles. The van der Waals surface area contributed by atoms with Gasteiger partial charge in [0.1, 0.15) is 5.82 Å². The topological polar surface area (TPSA) is 78.7 Å². The van der Waals surface area contributed by atoms with Gasteiger partial charge in [0.25, 0.3) is 0 Å². The molecule has 1 atom stereocenters. The zero-order valence-electron chi connectivity index (χ0n) is 13.3. The summed E-state index contributed by atoms with van der Waals surface area (Å²) in [5.74, 6) is -0.482. The van der Waals surface area contributed by atoms with Gasteiger partial charge in [0.15, 0.2) is 0 Å². The van der Waals surface area contributed by atoms with Crippen molar-refractivity contribution < 1.29 is 14.0 Å². The van der Waals surface area contributed by atoms with E-state index in [9.17, 15) is 14.0 Å². The van der Waals surface area contributed by atoms with E-state index in [2.05, 4.69) is 10.2 Å². The van der Waals surface area contributed by atoms with Crippen LogP contribution in [0, 0.1) is 5.82 Å². The number of nitrogens with one attached hydrogen (secondary N) is 1. The van der Waals surface area contributed by atoms with Crippen LogP contribution in [0.4, 0.5) is 10.1 Å². The van der Waals surface area contributed by atoms with E-state index in [0.717, 1.165) is 5.69 Å². The maximum Gasteiger partial charge on any atom is 0.236 e. The largest absolute Gasteiger partial charge is 0.368 e. The molecule has 1 unspecified atom stereocenters. The zero-order chi connectivity index (χ0) is 16.8. The summed E-state index contributed by atoms with van der Waals surface area (Å²) in [6.07, 6.45) is 0.273. The van der Waals surface area contributed by atoms with Gasteiger partial charge in [0, 0.05) is 44.8 Å². The number of hydrogen-bond donors (Lipinski definition) is 2. The van der Waals surface area contributed by atoms with E-state index in [0.29, 0.717) is 32.7 Å². The fourth-order valence-corrected chi connectivity index (χ4v) is 2.48. The number of carbonyl (C=O) groups excluding carboxylic acids is 2. The Morgan fingerprint density at radius 2 is 1.83 bits per heavy atom. The molecule has 1 saturated heterocycles. The summed E-state index contributed by atoms with van der Waals surface area (Å²) in [5.41, 5.74) is 6.40. The van der Waals surface area contributed by atoms with Crippen LogP contribution >= 0.6 is 0 Å². The third kappa shape index (κ3) is 4.92. The molecule has 0 radical (unpaired) electrons. The van der Waals surface area contributed by atoms with Crippen molar-refractivity contribution in [2.24, 2.45) is 5.73 Å². The Balaban J connectivity index is 1.74. The third-order valence-electron chi connectivity index (χ3n) is 3.88. The fourth-order valence-electron chi connectivity index (χ4n) is 2.48. The molecule has 2 rings (SSSR count). The molecule has 6 nitrogen and oxygen atoms in total. The summed E-state index contributed by atoms with van der Waals surface area (Å²) in [4.78, 5) is 27.4. The number of amides is 2. The Morgan fingerprint density at radius 1 is 1.22 bits per heavy atom. The molecule has 0 bridgehead atoms. The second-order valence-corrected chi connectivity index (χ2v) is 5.67. The first-order valence-corrected chi connectivity index (χ1v) is 7.79. The number of nitrogens with zero attached hydrogens (tertiary/aromatic N) is 2. The van der Waals surface area contributed by atoms with Crippen molar-refractivity contribution in [3.63, 3.8) is 0 Å². The van der Waals surface area contributed by atoms with Gasteiger partial charge in [0.05, 0.1) is 6.04 Å². The summed E-state index contributed by atoms with van der Waals surface area (Å²) in [5, 5.41) is 2.63. The van der Waals surface area contributed by atoms with E-state index in [1.165, 1.54) is 12.1 Å². The number of carbonyl (C=O) groups is 2. The Hall–Kier alpha value is -2.15. The number of anilines is 1. The summed E-state index contributed by atoms with van der Waals surface area (Å²) in [6, 6.07) is 5.80. The zero-order valence-corrected chi connectivity index (χ0v) is 13.3. The van der Waals surface area contributed by atoms with Crippen LogP contribution in [-0.2, 0) is 9.59 Å². The van der Waals surface area contributed by atoms with Crippen LogP contribution in [0.2, 0.25) is 0 Å². The molecule has 1 aromatic rings. The highest BCUT2D eigenvalue weighted by Crippen LogP contribution is 2.17. The van der Waals surface area contributed by atoms with Crippen molar-refractivity contribution in [2.45, 2.75) is 19.4 Å². The van der Waals surface area contributed by atoms with Crippen molar-refractivity contribution >= 4 is 17.5 Å². The van der Waals surface area contributed by atoms with Gasteiger partial charge in [-0.2, -0.15) is 0 Å². The van der Waals surface area contributed by atoms with E-state index in [4.69, 9.17) is 5.73 Å². The molecule has 0 saturated carbocycles. The lowest BCUT2D eigenvalue weighted by Gasteiger charge is -2.36. The van der Waals surface area contributed by atoms with Gasteiger partial charge in [-0.25, -0.2) is 4.39 Å². The minimum absolute atomic E-state index is 0.0220. The number of rotatable bonds is 5. The lowest BCUT2D eigenvalue weighted by atomic mass is 10.2. The Labute approximate surface area is 135 Å². The van der Waals surface area contributed by atoms with Crippen molar-refractivity contribution in [2.75, 3.05) is 37.6 Å². The average molecular weight is 322 g/mol. The molecule has 0 aromatic heterocycles. The molecular formula is C16H23FN4O2. The minimum Gasteiger partial charge on any atom is -0.368 e. The third-order valence-corrected chi connectivity index (χ3v) is 3.88. The van der Waals surface area contributed by atoms with E-state index < -0.39 is 6.04 Å². The minimum atomic E-state index is -0.565. The van der Waals surface area contributed by atoms with Crippen molar-refractivity contribution in [3.8, 4) is 0 Å². The van der Waals surface area contributed by atoms with Crippen LogP contribution in [0.25, 0.3) is 0 Å². The fraction of sp³-hybridized carbons (Fsp3) is 0.500. The molecule has 23 heavy (non-hydrogen) atoms.